The first-order chi connectivity index (χ1) is 10.9. The molecule has 0 amide bonds. The molecule has 2 rings (SSSR count). The van der Waals surface area contributed by atoms with Crippen LogP contribution in [0.3, 0.4) is 0 Å². The average molecular weight is 318 g/mol. The molecule has 0 saturated heterocycles. The van der Waals surface area contributed by atoms with Crippen LogP contribution >= 0.6 is 0 Å². The fourth-order valence-corrected chi connectivity index (χ4v) is 2.87. The summed E-state index contributed by atoms with van der Waals surface area (Å²) in [5, 5.41) is 9.40. The SMILES string of the molecule is COC(=O)C1(C(=O)OC)C[C@H](c2ccc(F)cc2)C(C#N)=C1N. The van der Waals surface area contributed by atoms with Crippen LogP contribution in [0.2, 0.25) is 0 Å². The lowest BCUT2D eigenvalue weighted by Crippen LogP contribution is -2.43. The summed E-state index contributed by atoms with van der Waals surface area (Å²) in [6.07, 6.45) is -0.104. The van der Waals surface area contributed by atoms with E-state index >= 15 is 0 Å². The van der Waals surface area contributed by atoms with Gasteiger partial charge >= 0.3 is 11.9 Å². The molecule has 7 heteroatoms. The molecule has 1 atom stereocenters. The van der Waals surface area contributed by atoms with Gasteiger partial charge < -0.3 is 15.2 Å². The lowest BCUT2D eigenvalue weighted by molar-refractivity contribution is -0.166. The predicted octanol–water partition coefficient (Wildman–Crippen LogP) is 1.38. The first-order valence-electron chi connectivity index (χ1n) is 6.74. The summed E-state index contributed by atoms with van der Waals surface area (Å²) in [4.78, 5) is 24.5. The van der Waals surface area contributed by atoms with Gasteiger partial charge in [-0.05, 0) is 24.1 Å². The fourth-order valence-electron chi connectivity index (χ4n) is 2.87. The van der Waals surface area contributed by atoms with Crippen molar-refractivity contribution < 1.29 is 23.5 Å². The molecule has 0 aromatic heterocycles. The average Bonchev–Trinajstić information content (AvgIpc) is 2.87. The van der Waals surface area contributed by atoms with Gasteiger partial charge in [-0.2, -0.15) is 5.26 Å². The Morgan fingerprint density at radius 1 is 1.26 bits per heavy atom. The first kappa shape index (κ1) is 16.5. The number of methoxy groups -OCH3 is 2. The van der Waals surface area contributed by atoms with E-state index in [4.69, 9.17) is 15.2 Å². The first-order valence-corrected chi connectivity index (χ1v) is 6.74. The van der Waals surface area contributed by atoms with E-state index < -0.39 is 29.1 Å². The van der Waals surface area contributed by atoms with E-state index in [1.165, 1.54) is 24.3 Å². The highest BCUT2D eigenvalue weighted by Crippen LogP contribution is 2.50. The third-order valence-corrected chi connectivity index (χ3v) is 4.07. The number of hydrogen-bond acceptors (Lipinski definition) is 6. The number of benzene rings is 1. The van der Waals surface area contributed by atoms with Gasteiger partial charge in [0.05, 0.1) is 31.6 Å². The molecule has 0 spiro atoms. The van der Waals surface area contributed by atoms with Gasteiger partial charge in [0.25, 0.3) is 0 Å². The number of carbonyl (C=O) groups excluding carboxylic acids is 2. The molecule has 1 aliphatic carbocycles. The van der Waals surface area contributed by atoms with Crippen LogP contribution in [0.25, 0.3) is 0 Å². The van der Waals surface area contributed by atoms with Crippen LogP contribution in [0.1, 0.15) is 17.9 Å². The second-order valence-electron chi connectivity index (χ2n) is 5.14. The van der Waals surface area contributed by atoms with E-state index in [-0.39, 0.29) is 17.7 Å². The highest BCUT2D eigenvalue weighted by Gasteiger charge is 2.58. The van der Waals surface area contributed by atoms with E-state index in [2.05, 4.69) is 0 Å². The van der Waals surface area contributed by atoms with Crippen molar-refractivity contribution >= 4 is 11.9 Å². The Morgan fingerprint density at radius 3 is 2.22 bits per heavy atom. The Bertz CT molecular complexity index is 703. The van der Waals surface area contributed by atoms with E-state index in [9.17, 15) is 19.2 Å². The number of carbonyl (C=O) groups is 2. The molecule has 0 bridgehead atoms. The molecule has 1 aromatic carbocycles. The minimum absolute atomic E-state index is 0.0763. The molecule has 120 valence electrons. The third kappa shape index (κ3) is 2.42. The molecule has 0 heterocycles. The lowest BCUT2D eigenvalue weighted by atomic mass is 9.81. The van der Waals surface area contributed by atoms with Gasteiger partial charge in [-0.1, -0.05) is 12.1 Å². The summed E-state index contributed by atoms with van der Waals surface area (Å²) < 4.78 is 22.5. The number of nitrogens with two attached hydrogens (primary N) is 1. The van der Waals surface area contributed by atoms with Crippen molar-refractivity contribution in [3.63, 3.8) is 0 Å². The van der Waals surface area contributed by atoms with E-state index in [0.717, 1.165) is 14.2 Å². The molecule has 1 aromatic rings. The van der Waals surface area contributed by atoms with Gasteiger partial charge in [0.1, 0.15) is 5.82 Å². The van der Waals surface area contributed by atoms with Gasteiger partial charge in [-0.15, -0.1) is 0 Å². The molecular formula is C16H15FN2O4. The highest BCUT2D eigenvalue weighted by atomic mass is 19.1. The van der Waals surface area contributed by atoms with Crippen LogP contribution in [0, 0.1) is 22.6 Å². The van der Waals surface area contributed by atoms with Crippen LogP contribution in [0.5, 0.6) is 0 Å². The molecular weight excluding hydrogens is 303 g/mol. The van der Waals surface area contributed by atoms with E-state index in [0.29, 0.717) is 5.56 Å². The van der Waals surface area contributed by atoms with E-state index in [1.807, 2.05) is 6.07 Å². The van der Waals surface area contributed by atoms with Crippen LogP contribution in [0.15, 0.2) is 35.5 Å². The number of allylic oxidation sites excluding steroid dienone is 1. The predicted molar refractivity (Wildman–Crippen MR) is 77.0 cm³/mol. The zero-order chi connectivity index (χ0) is 17.2. The fraction of sp³-hybridized carbons (Fsp3) is 0.312. The topological polar surface area (TPSA) is 102 Å². The van der Waals surface area contributed by atoms with Crippen LogP contribution < -0.4 is 5.73 Å². The summed E-state index contributed by atoms with van der Waals surface area (Å²) in [7, 11) is 2.25. The quantitative estimate of drug-likeness (QED) is 0.667. The molecule has 2 N–H and O–H groups in total. The Labute approximate surface area is 132 Å². The monoisotopic (exact) mass is 318 g/mol. The van der Waals surface area contributed by atoms with Gasteiger partial charge in [0.2, 0.25) is 5.41 Å². The second-order valence-corrected chi connectivity index (χ2v) is 5.14. The van der Waals surface area contributed by atoms with Gasteiger partial charge in [0.15, 0.2) is 0 Å². The zero-order valence-corrected chi connectivity index (χ0v) is 12.6. The summed E-state index contributed by atoms with van der Waals surface area (Å²) in [5.41, 5.74) is 4.55. The molecule has 0 saturated carbocycles. The number of nitriles is 1. The number of esters is 2. The van der Waals surface area contributed by atoms with Crippen LogP contribution in [0.4, 0.5) is 4.39 Å². The number of nitrogens with zero attached hydrogens (tertiary/aromatic N) is 1. The van der Waals surface area contributed by atoms with Crippen molar-refractivity contribution in [2.75, 3.05) is 14.2 Å². The molecule has 23 heavy (non-hydrogen) atoms. The van der Waals surface area contributed by atoms with Crippen molar-refractivity contribution in [3.8, 4) is 6.07 Å². The molecule has 0 aliphatic heterocycles. The second kappa shape index (κ2) is 6.08. The summed E-state index contributed by atoms with van der Waals surface area (Å²) in [6, 6.07) is 7.36. The summed E-state index contributed by atoms with van der Waals surface area (Å²) >= 11 is 0. The maximum atomic E-state index is 13.1. The molecule has 0 radical (unpaired) electrons. The number of ether oxygens (including phenoxy) is 2. The Hall–Kier alpha value is -2.88. The minimum Gasteiger partial charge on any atom is -0.468 e. The van der Waals surface area contributed by atoms with Crippen molar-refractivity contribution in [1.29, 1.82) is 5.26 Å². The molecule has 6 nitrogen and oxygen atoms in total. The molecule has 1 aliphatic rings. The number of rotatable bonds is 3. The zero-order valence-electron chi connectivity index (χ0n) is 12.6. The van der Waals surface area contributed by atoms with Crippen molar-refractivity contribution in [1.82, 2.24) is 0 Å². The van der Waals surface area contributed by atoms with E-state index in [1.54, 1.807) is 0 Å². The molecule has 0 unspecified atom stereocenters. The number of hydrogen-bond donors (Lipinski definition) is 1. The van der Waals surface area contributed by atoms with Crippen molar-refractivity contribution in [2.24, 2.45) is 11.1 Å². The minimum atomic E-state index is -1.87. The standard InChI is InChI=1S/C16H15FN2O4/c1-22-14(20)16(15(21)23-2)7-11(12(8-18)13(16)19)9-3-5-10(17)6-4-9/h3-6,11H,7,19H2,1-2H3/t11-/m1/s1. The van der Waals surface area contributed by atoms with Gasteiger partial charge in [-0.25, -0.2) is 4.39 Å². The Kier molecular flexibility index (Phi) is 4.36. The van der Waals surface area contributed by atoms with Crippen molar-refractivity contribution in [3.05, 3.63) is 46.9 Å². The molecule has 0 fully saturated rings. The van der Waals surface area contributed by atoms with Gasteiger partial charge in [0, 0.05) is 5.92 Å². The van der Waals surface area contributed by atoms with Gasteiger partial charge in [-0.3, -0.25) is 9.59 Å². The maximum Gasteiger partial charge on any atom is 0.329 e. The summed E-state index contributed by atoms with van der Waals surface area (Å²) in [5.74, 6) is -2.84. The Morgan fingerprint density at radius 2 is 1.78 bits per heavy atom. The highest BCUT2D eigenvalue weighted by molar-refractivity contribution is 6.04. The Balaban J connectivity index is 2.60. The summed E-state index contributed by atoms with van der Waals surface area (Å²) in [6.45, 7) is 0. The van der Waals surface area contributed by atoms with Crippen molar-refractivity contribution in [2.45, 2.75) is 12.3 Å². The largest absolute Gasteiger partial charge is 0.468 e. The van der Waals surface area contributed by atoms with Crippen LogP contribution in [-0.2, 0) is 19.1 Å². The third-order valence-electron chi connectivity index (χ3n) is 4.07. The smallest absolute Gasteiger partial charge is 0.329 e. The normalized spacial score (nSPS) is 19.1. The number of halogens is 1. The van der Waals surface area contributed by atoms with Crippen LogP contribution in [-0.4, -0.2) is 26.2 Å². The lowest BCUT2D eigenvalue weighted by Gasteiger charge is -2.25. The maximum absolute atomic E-state index is 13.1.